The van der Waals surface area contributed by atoms with Crippen LogP contribution in [-0.2, 0) is 11.3 Å². The van der Waals surface area contributed by atoms with Gasteiger partial charge in [0.25, 0.3) is 0 Å². The second-order valence-electron chi connectivity index (χ2n) is 7.72. The minimum absolute atomic E-state index is 0.168. The van der Waals surface area contributed by atoms with E-state index in [0.29, 0.717) is 13.0 Å². The number of rotatable bonds is 9. The summed E-state index contributed by atoms with van der Waals surface area (Å²) in [6.45, 7) is 5.29. The maximum atomic E-state index is 12.5. The van der Waals surface area contributed by atoms with E-state index in [1.807, 2.05) is 41.3 Å². The molecule has 5 heteroatoms. The Balaban J connectivity index is 1.48. The summed E-state index contributed by atoms with van der Waals surface area (Å²) in [7, 11) is 0. The number of carbonyl (C=O) groups is 1. The maximum Gasteiger partial charge on any atom is 0.223 e. The van der Waals surface area contributed by atoms with Crippen LogP contribution in [0.15, 0.2) is 54.6 Å². The molecule has 0 saturated carbocycles. The number of amides is 1. The van der Waals surface area contributed by atoms with E-state index in [1.165, 1.54) is 0 Å². The number of para-hydroxylation sites is 3. The lowest BCUT2D eigenvalue weighted by Crippen LogP contribution is -2.26. The third-order valence-corrected chi connectivity index (χ3v) is 5.58. The summed E-state index contributed by atoms with van der Waals surface area (Å²) in [4.78, 5) is 19.4. The number of likely N-dealkylation sites (tertiary alicyclic amines) is 1. The highest BCUT2D eigenvalue weighted by Crippen LogP contribution is 2.30. The molecule has 0 bridgehead atoms. The summed E-state index contributed by atoms with van der Waals surface area (Å²) in [6, 6.07) is 18.2. The van der Waals surface area contributed by atoms with Crippen LogP contribution < -0.4 is 4.74 Å². The van der Waals surface area contributed by atoms with Gasteiger partial charge in [0.2, 0.25) is 5.91 Å². The molecule has 0 radical (unpaired) electrons. The molecule has 0 aliphatic carbocycles. The quantitative estimate of drug-likeness (QED) is 0.500. The van der Waals surface area contributed by atoms with E-state index in [1.54, 1.807) is 0 Å². The first kappa shape index (κ1) is 19.5. The summed E-state index contributed by atoms with van der Waals surface area (Å²) < 4.78 is 8.16. The van der Waals surface area contributed by atoms with Crippen LogP contribution in [-0.4, -0.2) is 40.1 Å². The number of nitrogens with zero attached hydrogens (tertiary/aromatic N) is 3. The highest BCUT2D eigenvalue weighted by molar-refractivity contribution is 5.80. The highest BCUT2D eigenvalue weighted by Gasteiger charge is 2.33. The van der Waals surface area contributed by atoms with Gasteiger partial charge in [0, 0.05) is 32.0 Å². The van der Waals surface area contributed by atoms with Crippen LogP contribution in [0.4, 0.5) is 0 Å². The number of ether oxygens (including phenoxy) is 1. The third kappa shape index (κ3) is 4.44. The average molecular weight is 392 g/mol. The lowest BCUT2D eigenvalue weighted by Gasteiger charge is -2.17. The Morgan fingerprint density at radius 3 is 2.66 bits per heavy atom. The fourth-order valence-electron chi connectivity index (χ4n) is 4.08. The standard InChI is InChI=1S/C24H29N3O2/c1-2-3-14-26-18-19(17-23(26)28)24-25-21-12-7-8-13-22(21)27(24)15-9-16-29-20-10-5-4-6-11-20/h4-8,10-13,19H,2-3,9,14-18H2,1H3. The van der Waals surface area contributed by atoms with Crippen LogP contribution in [0.1, 0.15) is 44.3 Å². The first-order valence-corrected chi connectivity index (χ1v) is 10.7. The van der Waals surface area contributed by atoms with Crippen LogP contribution in [0, 0.1) is 0 Å². The van der Waals surface area contributed by atoms with Crippen molar-refractivity contribution in [1.82, 2.24) is 14.5 Å². The van der Waals surface area contributed by atoms with E-state index in [9.17, 15) is 4.79 Å². The Bertz CT molecular complexity index is 951. The van der Waals surface area contributed by atoms with E-state index in [2.05, 4.69) is 29.7 Å². The number of aromatic nitrogens is 2. The molecule has 1 unspecified atom stereocenters. The molecule has 152 valence electrons. The fourth-order valence-corrected chi connectivity index (χ4v) is 4.08. The molecule has 1 aromatic heterocycles. The van der Waals surface area contributed by atoms with Gasteiger partial charge in [-0.05, 0) is 37.1 Å². The zero-order valence-corrected chi connectivity index (χ0v) is 17.1. The van der Waals surface area contributed by atoms with Gasteiger partial charge in [-0.25, -0.2) is 4.98 Å². The lowest BCUT2D eigenvalue weighted by molar-refractivity contribution is -0.127. The molecule has 29 heavy (non-hydrogen) atoms. The van der Waals surface area contributed by atoms with Crippen molar-refractivity contribution in [1.29, 1.82) is 0 Å². The first-order chi connectivity index (χ1) is 14.3. The van der Waals surface area contributed by atoms with Crippen molar-refractivity contribution in [2.24, 2.45) is 0 Å². The van der Waals surface area contributed by atoms with Crippen molar-refractivity contribution in [3.63, 3.8) is 0 Å². The molecule has 0 N–H and O–H groups in total. The molecule has 0 spiro atoms. The van der Waals surface area contributed by atoms with Gasteiger partial charge in [0.15, 0.2) is 0 Å². The summed E-state index contributed by atoms with van der Waals surface area (Å²) >= 11 is 0. The van der Waals surface area contributed by atoms with Crippen molar-refractivity contribution < 1.29 is 9.53 Å². The number of hydrogen-bond donors (Lipinski definition) is 0. The van der Waals surface area contributed by atoms with Crippen LogP contribution in [0.5, 0.6) is 5.75 Å². The molecule has 1 atom stereocenters. The van der Waals surface area contributed by atoms with Gasteiger partial charge in [0.1, 0.15) is 11.6 Å². The Labute approximate surface area is 172 Å². The number of fused-ring (bicyclic) bond motifs is 1. The molecule has 2 heterocycles. The van der Waals surface area contributed by atoms with Gasteiger partial charge in [-0.15, -0.1) is 0 Å². The minimum Gasteiger partial charge on any atom is -0.494 e. The van der Waals surface area contributed by atoms with Crippen molar-refractivity contribution >= 4 is 16.9 Å². The molecule has 1 fully saturated rings. The smallest absolute Gasteiger partial charge is 0.223 e. The molecular weight excluding hydrogens is 362 g/mol. The second kappa shape index (κ2) is 9.12. The van der Waals surface area contributed by atoms with Gasteiger partial charge in [-0.2, -0.15) is 0 Å². The normalized spacial score (nSPS) is 16.7. The predicted octanol–water partition coefficient (Wildman–Crippen LogP) is 4.62. The molecule has 1 aliphatic rings. The second-order valence-corrected chi connectivity index (χ2v) is 7.72. The molecule has 5 nitrogen and oxygen atoms in total. The number of hydrogen-bond acceptors (Lipinski definition) is 3. The Hall–Kier alpha value is -2.82. The molecule has 4 rings (SSSR count). The monoisotopic (exact) mass is 391 g/mol. The van der Waals surface area contributed by atoms with Gasteiger partial charge in [-0.1, -0.05) is 43.7 Å². The predicted molar refractivity (Wildman–Crippen MR) is 115 cm³/mol. The summed E-state index contributed by atoms with van der Waals surface area (Å²) in [5, 5.41) is 0. The fraction of sp³-hybridized carbons (Fsp3) is 0.417. The number of benzene rings is 2. The largest absolute Gasteiger partial charge is 0.494 e. The molecule has 1 aliphatic heterocycles. The zero-order valence-electron chi connectivity index (χ0n) is 17.1. The summed E-state index contributed by atoms with van der Waals surface area (Å²) in [5.41, 5.74) is 2.15. The van der Waals surface area contributed by atoms with Crippen LogP contribution in [0.25, 0.3) is 11.0 Å². The lowest BCUT2D eigenvalue weighted by atomic mass is 10.1. The average Bonchev–Trinajstić information content (AvgIpc) is 3.30. The van der Waals surface area contributed by atoms with E-state index in [0.717, 1.165) is 61.5 Å². The van der Waals surface area contributed by atoms with Gasteiger partial charge < -0.3 is 14.2 Å². The number of imidazole rings is 1. The van der Waals surface area contributed by atoms with Crippen molar-refractivity contribution in [2.75, 3.05) is 19.7 Å². The Morgan fingerprint density at radius 1 is 1.03 bits per heavy atom. The van der Waals surface area contributed by atoms with E-state index in [-0.39, 0.29) is 11.8 Å². The zero-order chi connectivity index (χ0) is 20.1. The van der Waals surface area contributed by atoms with E-state index < -0.39 is 0 Å². The highest BCUT2D eigenvalue weighted by atomic mass is 16.5. The molecule has 2 aromatic carbocycles. The number of unbranched alkanes of at least 4 members (excludes halogenated alkanes) is 1. The van der Waals surface area contributed by atoms with E-state index in [4.69, 9.17) is 9.72 Å². The molecular formula is C24H29N3O2. The third-order valence-electron chi connectivity index (χ3n) is 5.58. The van der Waals surface area contributed by atoms with Gasteiger partial charge in [0.05, 0.1) is 17.6 Å². The Morgan fingerprint density at radius 2 is 1.83 bits per heavy atom. The maximum absolute atomic E-state index is 12.5. The number of aryl methyl sites for hydroxylation is 1. The van der Waals surface area contributed by atoms with E-state index >= 15 is 0 Å². The van der Waals surface area contributed by atoms with Crippen molar-refractivity contribution in [2.45, 2.75) is 45.1 Å². The molecule has 1 saturated heterocycles. The van der Waals surface area contributed by atoms with Gasteiger partial charge >= 0.3 is 0 Å². The Kier molecular flexibility index (Phi) is 6.13. The summed E-state index contributed by atoms with van der Waals surface area (Å²) in [6.07, 6.45) is 3.62. The van der Waals surface area contributed by atoms with Crippen LogP contribution in [0.3, 0.4) is 0 Å². The van der Waals surface area contributed by atoms with Gasteiger partial charge in [-0.3, -0.25) is 4.79 Å². The number of carbonyl (C=O) groups excluding carboxylic acids is 1. The molecule has 3 aromatic rings. The van der Waals surface area contributed by atoms with Crippen molar-refractivity contribution in [3.05, 3.63) is 60.4 Å². The minimum atomic E-state index is 0.168. The van der Waals surface area contributed by atoms with Crippen LogP contribution in [0.2, 0.25) is 0 Å². The SMILES string of the molecule is CCCCN1CC(c2nc3ccccc3n2CCCOc2ccccc2)CC1=O. The summed E-state index contributed by atoms with van der Waals surface area (Å²) in [5.74, 6) is 2.37. The topological polar surface area (TPSA) is 47.4 Å². The molecule has 1 amide bonds. The first-order valence-electron chi connectivity index (χ1n) is 10.7. The van der Waals surface area contributed by atoms with Crippen molar-refractivity contribution in [3.8, 4) is 5.75 Å². The van der Waals surface area contributed by atoms with Crippen LogP contribution >= 0.6 is 0 Å².